The molecule has 6 heteroatoms. The fraction of sp³-hybridized carbons (Fsp3) is 0.333. The van der Waals surface area contributed by atoms with E-state index in [4.69, 9.17) is 4.74 Å². The summed E-state index contributed by atoms with van der Waals surface area (Å²) in [5, 5.41) is 6.68. The van der Waals surface area contributed by atoms with E-state index in [0.717, 1.165) is 16.3 Å². The fourth-order valence-corrected chi connectivity index (χ4v) is 3.07. The molecule has 2 heterocycles. The number of H-pyrrole nitrogens is 1. The highest BCUT2D eigenvalue weighted by Crippen LogP contribution is 2.25. The number of pyridine rings is 1. The average Bonchev–Trinajstić information content (AvgIpc) is 3.03. The van der Waals surface area contributed by atoms with Crippen LogP contribution in [-0.2, 0) is 0 Å². The lowest BCUT2D eigenvalue weighted by Gasteiger charge is -2.05. The van der Waals surface area contributed by atoms with Crippen LogP contribution in [0.2, 0.25) is 0 Å². The summed E-state index contributed by atoms with van der Waals surface area (Å²) in [6, 6.07) is 7.27. The van der Waals surface area contributed by atoms with Gasteiger partial charge in [-0.1, -0.05) is 13.8 Å². The van der Waals surface area contributed by atoms with E-state index in [1.165, 1.54) is 11.3 Å². The molecule has 130 valence electrons. The standard InChI is InChI=1S/C16H17N3O2S.C2H6.H2/c1-9(2)17-16-19-14(8-22-16)13-7-15(20)11-5-4-10(21-3)6-12(11)18-13;1-2;/h4-9H,1-3H3,(H,17,19)(H,18,20);1-2H3;1H. The molecule has 24 heavy (non-hydrogen) atoms. The third-order valence-corrected chi connectivity index (χ3v) is 4.00. The molecule has 0 fully saturated rings. The van der Waals surface area contributed by atoms with Gasteiger partial charge in [-0.15, -0.1) is 11.3 Å². The van der Waals surface area contributed by atoms with Crippen molar-refractivity contribution in [1.82, 2.24) is 9.97 Å². The first-order valence-corrected chi connectivity index (χ1v) is 8.88. The number of hydrogen-bond acceptors (Lipinski definition) is 5. The number of nitrogens with one attached hydrogen (secondary N) is 2. The minimum absolute atomic E-state index is 0. The van der Waals surface area contributed by atoms with Gasteiger partial charge in [-0.3, -0.25) is 4.79 Å². The Bertz CT molecular complexity index is 874. The van der Waals surface area contributed by atoms with Crippen LogP contribution < -0.4 is 15.5 Å². The van der Waals surface area contributed by atoms with Crippen molar-refractivity contribution < 1.29 is 6.16 Å². The number of benzene rings is 1. The molecule has 2 N–H and O–H groups in total. The molecule has 0 aliphatic heterocycles. The second kappa shape index (κ2) is 7.97. The molecule has 0 aliphatic rings. The Morgan fingerprint density at radius 1 is 1.29 bits per heavy atom. The van der Waals surface area contributed by atoms with Crippen molar-refractivity contribution in [3.05, 3.63) is 39.9 Å². The Kier molecular flexibility index (Phi) is 5.98. The molecule has 0 aliphatic carbocycles. The summed E-state index contributed by atoms with van der Waals surface area (Å²) < 4.78 is 5.21. The SMILES string of the molecule is CC.COc1ccc2c(=O)cc(-c3csc(NC(C)C)n3)[nH]c2c1.[HH]. The lowest BCUT2D eigenvalue weighted by Crippen LogP contribution is -2.09. The molecule has 0 bridgehead atoms. The maximum atomic E-state index is 12.3. The second-order valence-corrected chi connectivity index (χ2v) is 6.15. The number of fused-ring (bicyclic) bond motifs is 1. The van der Waals surface area contributed by atoms with E-state index in [1.54, 1.807) is 25.3 Å². The van der Waals surface area contributed by atoms with Gasteiger partial charge in [-0.25, -0.2) is 4.98 Å². The highest BCUT2D eigenvalue weighted by atomic mass is 32.1. The van der Waals surface area contributed by atoms with Crippen LogP contribution in [-0.4, -0.2) is 23.1 Å². The van der Waals surface area contributed by atoms with Gasteiger partial charge in [0.25, 0.3) is 0 Å². The molecule has 2 aromatic heterocycles. The van der Waals surface area contributed by atoms with Gasteiger partial charge in [-0.2, -0.15) is 0 Å². The third-order valence-electron chi connectivity index (χ3n) is 3.23. The second-order valence-electron chi connectivity index (χ2n) is 5.30. The van der Waals surface area contributed by atoms with Crippen molar-refractivity contribution in [2.24, 2.45) is 0 Å². The third kappa shape index (κ3) is 3.94. The minimum Gasteiger partial charge on any atom is -0.497 e. The van der Waals surface area contributed by atoms with Gasteiger partial charge in [-0.05, 0) is 26.0 Å². The molecule has 0 atom stereocenters. The smallest absolute Gasteiger partial charge is 0.190 e. The summed E-state index contributed by atoms with van der Waals surface area (Å²) in [7, 11) is 1.60. The van der Waals surface area contributed by atoms with Crippen molar-refractivity contribution in [2.75, 3.05) is 12.4 Å². The molecule has 5 nitrogen and oxygen atoms in total. The van der Waals surface area contributed by atoms with Gasteiger partial charge in [0, 0.05) is 30.4 Å². The van der Waals surface area contributed by atoms with Gasteiger partial charge in [0.1, 0.15) is 5.75 Å². The zero-order chi connectivity index (χ0) is 17.7. The highest BCUT2D eigenvalue weighted by Gasteiger charge is 2.09. The summed E-state index contributed by atoms with van der Waals surface area (Å²) in [6.45, 7) is 8.12. The van der Waals surface area contributed by atoms with Crippen molar-refractivity contribution in [2.45, 2.75) is 33.7 Å². The van der Waals surface area contributed by atoms with Gasteiger partial charge < -0.3 is 15.0 Å². The number of methoxy groups -OCH3 is 1. The average molecular weight is 347 g/mol. The largest absolute Gasteiger partial charge is 0.497 e. The van der Waals surface area contributed by atoms with Crippen molar-refractivity contribution >= 4 is 27.4 Å². The van der Waals surface area contributed by atoms with Crippen molar-refractivity contribution in [3.63, 3.8) is 0 Å². The quantitative estimate of drug-likeness (QED) is 0.714. The molecule has 0 amide bonds. The monoisotopic (exact) mass is 347 g/mol. The van der Waals surface area contributed by atoms with E-state index in [0.29, 0.717) is 22.9 Å². The van der Waals surface area contributed by atoms with Crippen LogP contribution in [0.15, 0.2) is 34.4 Å². The van der Waals surface area contributed by atoms with Crippen LogP contribution in [0.3, 0.4) is 0 Å². The number of aromatic amines is 1. The maximum absolute atomic E-state index is 12.3. The number of rotatable bonds is 4. The van der Waals surface area contributed by atoms with Crippen LogP contribution in [0.1, 0.15) is 29.1 Å². The summed E-state index contributed by atoms with van der Waals surface area (Å²) >= 11 is 1.52. The Labute approximate surface area is 147 Å². The van der Waals surface area contributed by atoms with E-state index in [9.17, 15) is 4.79 Å². The number of nitrogens with zero attached hydrogens (tertiary/aromatic N) is 1. The van der Waals surface area contributed by atoms with E-state index < -0.39 is 0 Å². The first-order valence-electron chi connectivity index (χ1n) is 8.00. The Morgan fingerprint density at radius 3 is 2.71 bits per heavy atom. The summed E-state index contributed by atoms with van der Waals surface area (Å²) in [6.07, 6.45) is 0. The van der Waals surface area contributed by atoms with E-state index in [1.807, 2.05) is 25.3 Å². The van der Waals surface area contributed by atoms with Crippen molar-refractivity contribution in [1.29, 1.82) is 0 Å². The summed E-state index contributed by atoms with van der Waals surface area (Å²) in [4.78, 5) is 20.0. The zero-order valence-electron chi connectivity index (χ0n) is 14.6. The lowest BCUT2D eigenvalue weighted by atomic mass is 10.1. The Morgan fingerprint density at radius 2 is 2.04 bits per heavy atom. The summed E-state index contributed by atoms with van der Waals surface area (Å²) in [5.74, 6) is 0.709. The molecule has 1 aromatic carbocycles. The number of hydrogen-bond donors (Lipinski definition) is 2. The minimum atomic E-state index is -0.0298. The Balaban J connectivity index is 0.00000101. The van der Waals surface area contributed by atoms with E-state index >= 15 is 0 Å². The van der Waals surface area contributed by atoms with E-state index in [2.05, 4.69) is 29.1 Å². The van der Waals surface area contributed by atoms with Crippen LogP contribution in [0.5, 0.6) is 5.75 Å². The zero-order valence-corrected chi connectivity index (χ0v) is 15.5. The molecule has 0 radical (unpaired) electrons. The fourth-order valence-electron chi connectivity index (χ4n) is 2.21. The van der Waals surface area contributed by atoms with Gasteiger partial charge in [0.05, 0.1) is 24.0 Å². The predicted molar refractivity (Wildman–Crippen MR) is 104 cm³/mol. The number of anilines is 1. The van der Waals surface area contributed by atoms with Crippen LogP contribution in [0.25, 0.3) is 22.3 Å². The topological polar surface area (TPSA) is 67.0 Å². The van der Waals surface area contributed by atoms with Gasteiger partial charge in [0.15, 0.2) is 10.6 Å². The van der Waals surface area contributed by atoms with Crippen molar-refractivity contribution in [3.8, 4) is 17.1 Å². The van der Waals surface area contributed by atoms with Gasteiger partial charge in [0.2, 0.25) is 0 Å². The first-order chi connectivity index (χ1) is 11.6. The molecular formula is C18H25N3O2S. The summed E-state index contributed by atoms with van der Waals surface area (Å²) in [5.41, 5.74) is 2.18. The van der Waals surface area contributed by atoms with Crippen LogP contribution in [0.4, 0.5) is 5.13 Å². The molecule has 3 aromatic rings. The predicted octanol–water partition coefficient (Wildman–Crippen LogP) is 4.75. The number of aromatic nitrogens is 2. The molecular weight excluding hydrogens is 322 g/mol. The molecule has 0 saturated heterocycles. The Hall–Kier alpha value is -2.34. The van der Waals surface area contributed by atoms with Crippen LogP contribution in [0, 0.1) is 0 Å². The maximum Gasteiger partial charge on any atom is 0.190 e. The molecule has 0 saturated carbocycles. The number of ether oxygens (including phenoxy) is 1. The van der Waals surface area contributed by atoms with Crippen LogP contribution >= 0.6 is 11.3 Å². The highest BCUT2D eigenvalue weighted by molar-refractivity contribution is 7.14. The normalized spacial score (nSPS) is 10.4. The first kappa shape index (κ1) is 18.0. The van der Waals surface area contributed by atoms with E-state index in [-0.39, 0.29) is 6.86 Å². The molecule has 0 spiro atoms. The van der Waals surface area contributed by atoms with Gasteiger partial charge >= 0.3 is 0 Å². The molecule has 0 unspecified atom stereocenters. The lowest BCUT2D eigenvalue weighted by molar-refractivity contribution is 0.415. The molecule has 3 rings (SSSR count). The number of thiazole rings is 1.